The minimum Gasteiger partial charge on any atom is -0.390 e. The molecule has 1 aromatic heterocycles. The third-order valence-corrected chi connectivity index (χ3v) is 7.02. The van der Waals surface area contributed by atoms with Crippen molar-refractivity contribution in [3.63, 3.8) is 0 Å². The summed E-state index contributed by atoms with van der Waals surface area (Å²) in [4.78, 5) is 4.19. The maximum Gasteiger partial charge on any atom is 0.416 e. The molecule has 0 spiro atoms. The van der Waals surface area contributed by atoms with Crippen LogP contribution in [-0.2, 0) is 22.6 Å². The van der Waals surface area contributed by atoms with Gasteiger partial charge in [-0.2, -0.15) is 13.2 Å². The fraction of sp³-hybridized carbons (Fsp3) is 0.389. The normalized spacial score (nSPS) is 13.4. The second-order valence-corrected chi connectivity index (χ2v) is 9.35. The standard InChI is InChI=1S/C18H22F3N3O3S2.HI/c1-2-22-17(23-10-13-5-3-6-14(9-13)18(19,20)21)24-11-15(25)12-29(26,27)16-7-4-8-28-16;/h3-9,15,25H,2,10-12H2,1H3,(H2,22,23,24);1H. The molecule has 0 saturated heterocycles. The maximum atomic E-state index is 12.8. The number of guanidine groups is 1. The molecule has 30 heavy (non-hydrogen) atoms. The largest absolute Gasteiger partial charge is 0.416 e. The highest BCUT2D eigenvalue weighted by Gasteiger charge is 2.30. The third-order valence-electron chi connectivity index (χ3n) is 3.74. The number of thiophene rings is 1. The van der Waals surface area contributed by atoms with Crippen LogP contribution >= 0.6 is 35.3 Å². The lowest BCUT2D eigenvalue weighted by Crippen LogP contribution is -2.42. The van der Waals surface area contributed by atoms with Crippen molar-refractivity contribution in [2.45, 2.75) is 30.0 Å². The lowest BCUT2D eigenvalue weighted by Gasteiger charge is -2.15. The van der Waals surface area contributed by atoms with Gasteiger partial charge in [-0.1, -0.05) is 18.2 Å². The molecule has 0 saturated carbocycles. The van der Waals surface area contributed by atoms with Gasteiger partial charge in [0.15, 0.2) is 15.8 Å². The van der Waals surface area contributed by atoms with Gasteiger partial charge in [0.2, 0.25) is 0 Å². The SMILES string of the molecule is CCNC(=NCc1cccc(C(F)(F)F)c1)NCC(O)CS(=O)(=O)c1cccs1.I. The van der Waals surface area contributed by atoms with E-state index in [1.807, 2.05) is 0 Å². The van der Waals surface area contributed by atoms with Gasteiger partial charge in [0.25, 0.3) is 0 Å². The van der Waals surface area contributed by atoms with Crippen molar-refractivity contribution >= 4 is 51.1 Å². The molecule has 168 valence electrons. The molecule has 0 radical (unpaired) electrons. The fourth-order valence-electron chi connectivity index (χ4n) is 2.41. The lowest BCUT2D eigenvalue weighted by molar-refractivity contribution is -0.137. The van der Waals surface area contributed by atoms with E-state index in [0.29, 0.717) is 12.1 Å². The van der Waals surface area contributed by atoms with Crippen LogP contribution in [0.15, 0.2) is 51.0 Å². The number of hydrogen-bond donors (Lipinski definition) is 3. The van der Waals surface area contributed by atoms with Gasteiger partial charge in [-0.15, -0.1) is 35.3 Å². The monoisotopic (exact) mass is 577 g/mol. The summed E-state index contributed by atoms with van der Waals surface area (Å²) in [6.45, 7) is 2.19. The van der Waals surface area contributed by atoms with Gasteiger partial charge in [-0.05, 0) is 36.1 Å². The number of alkyl halides is 3. The molecule has 0 amide bonds. The van der Waals surface area contributed by atoms with Gasteiger partial charge >= 0.3 is 6.18 Å². The lowest BCUT2D eigenvalue weighted by atomic mass is 10.1. The first-order chi connectivity index (χ1) is 13.6. The summed E-state index contributed by atoms with van der Waals surface area (Å²) in [5, 5.41) is 17.4. The van der Waals surface area contributed by atoms with Crippen molar-refractivity contribution < 1.29 is 26.7 Å². The van der Waals surface area contributed by atoms with Crippen molar-refractivity contribution in [2.75, 3.05) is 18.8 Å². The molecule has 0 aliphatic heterocycles. The Kier molecular flexibility index (Phi) is 10.5. The van der Waals surface area contributed by atoms with Crippen molar-refractivity contribution in [3.8, 4) is 0 Å². The Morgan fingerprint density at radius 1 is 1.23 bits per heavy atom. The molecule has 1 unspecified atom stereocenters. The quantitative estimate of drug-likeness (QED) is 0.255. The molecule has 2 aromatic rings. The number of aliphatic hydroxyl groups is 1. The summed E-state index contributed by atoms with van der Waals surface area (Å²) >= 11 is 1.08. The van der Waals surface area contributed by atoms with Gasteiger partial charge in [0, 0.05) is 13.1 Å². The van der Waals surface area contributed by atoms with Crippen LogP contribution in [0, 0.1) is 0 Å². The Bertz CT molecular complexity index is 920. The van der Waals surface area contributed by atoms with Crippen LogP contribution < -0.4 is 10.6 Å². The van der Waals surface area contributed by atoms with Gasteiger partial charge in [0.1, 0.15) is 4.21 Å². The molecule has 1 atom stereocenters. The van der Waals surface area contributed by atoms with Gasteiger partial charge in [-0.3, -0.25) is 0 Å². The maximum absolute atomic E-state index is 12.8. The number of aliphatic hydroxyl groups excluding tert-OH is 1. The molecule has 0 aliphatic carbocycles. The summed E-state index contributed by atoms with van der Waals surface area (Å²) < 4.78 is 62.9. The van der Waals surface area contributed by atoms with Crippen LogP contribution in [0.5, 0.6) is 0 Å². The molecule has 1 aromatic carbocycles. The second-order valence-electron chi connectivity index (χ2n) is 6.14. The fourth-order valence-corrected chi connectivity index (χ4v) is 4.89. The van der Waals surface area contributed by atoms with E-state index in [0.717, 1.165) is 23.5 Å². The van der Waals surface area contributed by atoms with Crippen LogP contribution in [0.4, 0.5) is 13.2 Å². The zero-order chi connectivity index (χ0) is 21.5. The van der Waals surface area contributed by atoms with Gasteiger partial charge < -0.3 is 15.7 Å². The highest BCUT2D eigenvalue weighted by molar-refractivity contribution is 14.0. The number of hydrogen-bond acceptors (Lipinski definition) is 5. The van der Waals surface area contributed by atoms with Crippen molar-refractivity contribution in [1.82, 2.24) is 10.6 Å². The average Bonchev–Trinajstić information content (AvgIpc) is 3.19. The number of sulfone groups is 1. The van der Waals surface area contributed by atoms with E-state index in [1.54, 1.807) is 18.4 Å². The number of rotatable bonds is 8. The molecule has 0 bridgehead atoms. The summed E-state index contributed by atoms with van der Waals surface area (Å²) in [5.41, 5.74) is -0.379. The van der Waals surface area contributed by atoms with E-state index in [-0.39, 0.29) is 47.2 Å². The minimum absolute atomic E-state index is 0. The second kappa shape index (κ2) is 11.9. The Morgan fingerprint density at radius 3 is 2.57 bits per heavy atom. The van der Waals surface area contributed by atoms with E-state index in [2.05, 4.69) is 15.6 Å². The predicted octanol–water partition coefficient (Wildman–Crippen LogP) is 3.27. The molecule has 0 fully saturated rings. The molecular weight excluding hydrogens is 554 g/mol. The molecule has 1 heterocycles. The molecule has 2 rings (SSSR count). The highest BCUT2D eigenvalue weighted by Crippen LogP contribution is 2.29. The minimum atomic E-state index is -4.43. The Morgan fingerprint density at radius 2 is 1.97 bits per heavy atom. The Hall–Kier alpha value is -1.38. The number of benzene rings is 1. The van der Waals surface area contributed by atoms with Gasteiger partial charge in [0.05, 0.1) is 24.0 Å². The smallest absolute Gasteiger partial charge is 0.390 e. The summed E-state index contributed by atoms with van der Waals surface area (Å²) in [6, 6.07) is 7.95. The van der Waals surface area contributed by atoms with E-state index in [9.17, 15) is 26.7 Å². The topological polar surface area (TPSA) is 90.8 Å². The first-order valence-electron chi connectivity index (χ1n) is 8.74. The summed E-state index contributed by atoms with van der Waals surface area (Å²) in [5.74, 6) is -0.189. The van der Waals surface area contributed by atoms with Crippen LogP contribution in [0.3, 0.4) is 0 Å². The summed E-state index contributed by atoms with van der Waals surface area (Å²) in [6.07, 6.45) is -5.61. The number of halogens is 4. The van der Waals surface area contributed by atoms with E-state index in [4.69, 9.17) is 0 Å². The average molecular weight is 577 g/mol. The molecule has 3 N–H and O–H groups in total. The molecule has 12 heteroatoms. The molecular formula is C18H23F3IN3O3S2. The first kappa shape index (κ1) is 26.7. The zero-order valence-corrected chi connectivity index (χ0v) is 20.0. The van der Waals surface area contributed by atoms with Crippen LogP contribution in [0.25, 0.3) is 0 Å². The molecule has 6 nitrogen and oxygen atoms in total. The van der Waals surface area contributed by atoms with E-state index >= 15 is 0 Å². The Labute approximate surface area is 194 Å². The van der Waals surface area contributed by atoms with Crippen molar-refractivity contribution in [2.24, 2.45) is 4.99 Å². The van der Waals surface area contributed by atoms with Crippen molar-refractivity contribution in [1.29, 1.82) is 0 Å². The van der Waals surface area contributed by atoms with Crippen LogP contribution in [0.1, 0.15) is 18.1 Å². The number of nitrogens with zero attached hydrogens (tertiary/aromatic N) is 1. The predicted molar refractivity (Wildman–Crippen MR) is 122 cm³/mol. The van der Waals surface area contributed by atoms with Gasteiger partial charge in [-0.25, -0.2) is 13.4 Å². The highest BCUT2D eigenvalue weighted by atomic mass is 127. The summed E-state index contributed by atoms with van der Waals surface area (Å²) in [7, 11) is -3.59. The van der Waals surface area contributed by atoms with Crippen LogP contribution in [0.2, 0.25) is 0 Å². The number of aliphatic imine (C=N–C) groups is 1. The van der Waals surface area contributed by atoms with E-state index in [1.165, 1.54) is 18.2 Å². The third kappa shape index (κ3) is 8.40. The number of nitrogens with one attached hydrogen (secondary N) is 2. The van der Waals surface area contributed by atoms with E-state index < -0.39 is 33.4 Å². The van der Waals surface area contributed by atoms with Crippen LogP contribution in [-0.4, -0.2) is 44.4 Å². The first-order valence-corrected chi connectivity index (χ1v) is 11.3. The van der Waals surface area contributed by atoms with Crippen molar-refractivity contribution in [3.05, 3.63) is 52.9 Å². The zero-order valence-electron chi connectivity index (χ0n) is 16.0. The Balaban J connectivity index is 0.00000450. The molecule has 0 aliphatic rings.